The van der Waals surface area contributed by atoms with Crippen molar-refractivity contribution in [2.45, 2.75) is 0 Å². The molecule has 8 aromatic heterocycles. The molecule has 12 aromatic carbocycles. The van der Waals surface area contributed by atoms with Gasteiger partial charge in [-0.15, -0.1) is 0 Å². The molecular weight excluding hydrogens is 1430 g/mol. The zero-order chi connectivity index (χ0) is 77.1. The molecule has 0 saturated carbocycles. The lowest BCUT2D eigenvalue weighted by atomic mass is 9.88. The van der Waals surface area contributed by atoms with Crippen LogP contribution in [0.5, 0.6) is 0 Å². The minimum atomic E-state index is 0.614. The summed E-state index contributed by atoms with van der Waals surface area (Å²) in [5.41, 5.74) is 19.3. The smallest absolute Gasteiger partial charge is 0.116 e. The summed E-state index contributed by atoms with van der Waals surface area (Å²) < 4.78 is 0. The Labute approximate surface area is 665 Å². The second kappa shape index (κ2) is 30.4. The normalized spacial score (nSPS) is 11.3. The molecule has 0 aliphatic carbocycles. The molecule has 546 valence electrons. The van der Waals surface area contributed by atoms with Gasteiger partial charge in [-0.2, -0.15) is 0 Å². The van der Waals surface area contributed by atoms with Crippen molar-refractivity contribution in [1.29, 1.82) is 0 Å². The highest BCUT2D eigenvalue weighted by atomic mass is 15.2. The first kappa shape index (κ1) is 68.8. The van der Waals surface area contributed by atoms with E-state index in [1.54, 1.807) is 50.6 Å². The Morgan fingerprint density at radius 3 is 0.422 bits per heavy atom. The van der Waals surface area contributed by atoms with E-state index in [0.717, 1.165) is 76.8 Å². The molecule has 0 unspecified atom stereocenters. The molecular formula is C96H62N20. The van der Waals surface area contributed by atoms with Crippen LogP contribution in [0.1, 0.15) is 0 Å². The molecule has 0 fully saturated rings. The zero-order valence-corrected chi connectivity index (χ0v) is 61.7. The molecule has 0 spiro atoms. The van der Waals surface area contributed by atoms with E-state index >= 15 is 0 Å². The number of hydrogen-bond donors (Lipinski definition) is 0. The van der Waals surface area contributed by atoms with E-state index in [4.69, 9.17) is 79.7 Å². The van der Waals surface area contributed by atoms with E-state index in [1.807, 2.05) is 195 Å². The maximum atomic E-state index is 5.23. The van der Waals surface area contributed by atoms with Crippen molar-refractivity contribution in [2.24, 2.45) is 0 Å². The van der Waals surface area contributed by atoms with Crippen LogP contribution >= 0.6 is 0 Å². The highest BCUT2D eigenvalue weighted by molar-refractivity contribution is 6.33. The fourth-order valence-electron chi connectivity index (χ4n) is 15.7. The van der Waals surface area contributed by atoms with Gasteiger partial charge in [-0.1, -0.05) is 267 Å². The molecule has 0 aliphatic heterocycles. The second-order valence-corrected chi connectivity index (χ2v) is 27.2. The predicted molar refractivity (Wildman–Crippen MR) is 457 cm³/mol. The van der Waals surface area contributed by atoms with Gasteiger partial charge < -0.3 is 19.6 Å². The summed E-state index contributed by atoms with van der Waals surface area (Å²) in [5, 5.41) is 4.76. The van der Waals surface area contributed by atoms with Crippen LogP contribution < -0.4 is 19.6 Å². The number of anilines is 12. The van der Waals surface area contributed by atoms with Gasteiger partial charge in [0.2, 0.25) is 0 Å². The first-order valence-electron chi connectivity index (χ1n) is 37.5. The molecule has 8 heterocycles. The first-order chi connectivity index (χ1) is 57.7. The van der Waals surface area contributed by atoms with Gasteiger partial charge in [-0.05, 0) is 12.1 Å². The van der Waals surface area contributed by atoms with E-state index in [1.165, 1.54) is 0 Å². The number of hydrogen-bond acceptors (Lipinski definition) is 20. The number of rotatable bonds is 20. The maximum Gasteiger partial charge on any atom is 0.116 e. The van der Waals surface area contributed by atoms with Gasteiger partial charge >= 0.3 is 0 Å². The molecule has 20 rings (SSSR count). The SMILES string of the molecule is c1ccc(-c2ncncc2N(c2cncnc2-c2ccccc2)c2cc(N(c3cncnc3-c3ccccc3)c3cncnc3-c3ccccc3)c3ccc4c(N(c5cncnc5-c5ccccc5)c5cncnc5-c5ccccc5)cc(N(c5cncnc5-c5ccccc5)c5cncnc5-c5ccccc5)c5ccc2c3c54)cc1. The lowest BCUT2D eigenvalue weighted by molar-refractivity contribution is 1.10. The van der Waals surface area contributed by atoms with E-state index in [9.17, 15) is 0 Å². The quantitative estimate of drug-likeness (QED) is 0.0648. The fraction of sp³-hybridized carbons (Fsp3) is 0. The van der Waals surface area contributed by atoms with Crippen LogP contribution in [-0.2, 0) is 0 Å². The number of benzene rings is 12. The van der Waals surface area contributed by atoms with Gasteiger partial charge in [0.05, 0.1) is 163 Å². The lowest BCUT2D eigenvalue weighted by Crippen LogP contribution is -2.19. The fourth-order valence-corrected chi connectivity index (χ4v) is 15.7. The van der Waals surface area contributed by atoms with Gasteiger partial charge in [0.1, 0.15) is 50.6 Å². The second-order valence-electron chi connectivity index (χ2n) is 27.2. The first-order valence-corrected chi connectivity index (χ1v) is 37.5. The average Bonchev–Trinajstić information content (AvgIpc) is 0.694. The Bertz CT molecular complexity index is 5770. The van der Waals surface area contributed by atoms with Crippen LogP contribution in [0.2, 0.25) is 0 Å². The van der Waals surface area contributed by atoms with E-state index in [-0.39, 0.29) is 0 Å². The Kier molecular flexibility index (Phi) is 18.0. The summed E-state index contributed by atoms with van der Waals surface area (Å²) in [6.07, 6.45) is 27.7. The monoisotopic (exact) mass is 1490 g/mol. The van der Waals surface area contributed by atoms with Crippen LogP contribution in [0.15, 0.2) is 379 Å². The summed E-state index contributed by atoms with van der Waals surface area (Å²) >= 11 is 0. The third-order valence-corrected chi connectivity index (χ3v) is 20.6. The third kappa shape index (κ3) is 12.5. The molecule has 0 N–H and O–H groups in total. The van der Waals surface area contributed by atoms with Crippen LogP contribution in [0, 0.1) is 0 Å². The summed E-state index contributed by atoms with van der Waals surface area (Å²) in [6.45, 7) is 0. The van der Waals surface area contributed by atoms with Crippen LogP contribution in [-0.4, -0.2) is 79.7 Å². The molecule has 0 amide bonds. The summed E-state index contributed by atoms with van der Waals surface area (Å²) in [6, 6.07) is 94.6. The van der Waals surface area contributed by atoms with Crippen molar-refractivity contribution in [2.75, 3.05) is 19.6 Å². The molecule has 116 heavy (non-hydrogen) atoms. The van der Waals surface area contributed by atoms with Gasteiger partial charge in [0.25, 0.3) is 0 Å². The summed E-state index contributed by atoms with van der Waals surface area (Å²) in [4.78, 5) is 90.3. The standard InChI is InChI=1S/C96H62N20/c1-9-25-63(26-10-1)89-79(47-97-55-105-89)113(80-48-98-56-106-90(80)64-27-11-2-12-28-64)75-45-76(114(81-49-99-57-107-91(81)65-29-13-3-14-30-65)82-50-100-58-108-92(82)66-31-15-4-16-32-66)72-43-44-74-78(116(85-53-103-61-111-95(85)69-37-21-7-22-38-69)86-54-104-62-112-96(86)70-39-23-8-24-40-70)46-77(73-42-41-71(75)87(72)88(73)74)115(83-51-101-59-109-93(83)67-33-17-5-18-34-67)84-52-102-60-110-94(84)68-35-19-6-20-36-68/h1-62H. The maximum absolute atomic E-state index is 5.23. The van der Waals surface area contributed by atoms with E-state index < -0.39 is 0 Å². The average molecular weight is 1500 g/mol. The van der Waals surface area contributed by atoms with Crippen LogP contribution in [0.25, 0.3) is 122 Å². The Hall–Kier alpha value is -16.5. The number of aromatic nitrogens is 16. The predicted octanol–water partition coefficient (Wildman–Crippen LogP) is 22.1. The van der Waals surface area contributed by atoms with Gasteiger partial charge in [0, 0.05) is 76.8 Å². The van der Waals surface area contributed by atoms with Crippen molar-refractivity contribution in [3.8, 4) is 90.1 Å². The molecule has 0 atom stereocenters. The molecule has 0 aliphatic rings. The van der Waals surface area contributed by atoms with Crippen molar-refractivity contribution in [3.05, 3.63) is 379 Å². The Morgan fingerprint density at radius 1 is 0.147 bits per heavy atom. The lowest BCUT2D eigenvalue weighted by Gasteiger charge is -2.35. The zero-order valence-electron chi connectivity index (χ0n) is 61.7. The largest absolute Gasteiger partial charge is 0.303 e. The Morgan fingerprint density at radius 2 is 0.284 bits per heavy atom. The third-order valence-electron chi connectivity index (χ3n) is 20.6. The molecule has 20 nitrogen and oxygen atoms in total. The van der Waals surface area contributed by atoms with Crippen molar-refractivity contribution < 1.29 is 0 Å². The minimum absolute atomic E-state index is 0.614. The van der Waals surface area contributed by atoms with Crippen LogP contribution in [0.4, 0.5) is 68.2 Å². The van der Waals surface area contributed by atoms with Gasteiger partial charge in [0.15, 0.2) is 0 Å². The molecule has 0 bridgehead atoms. The number of nitrogens with zero attached hydrogens (tertiary/aromatic N) is 20. The minimum Gasteiger partial charge on any atom is -0.303 e. The molecule has 0 radical (unpaired) electrons. The van der Waals surface area contributed by atoms with E-state index in [0.29, 0.717) is 114 Å². The van der Waals surface area contributed by atoms with Crippen molar-refractivity contribution >= 4 is 101 Å². The highest BCUT2D eigenvalue weighted by Crippen LogP contribution is 2.58. The molecule has 20 aromatic rings. The Balaban J connectivity index is 1.03. The van der Waals surface area contributed by atoms with Crippen molar-refractivity contribution in [3.63, 3.8) is 0 Å². The van der Waals surface area contributed by atoms with Gasteiger partial charge in [-0.3, -0.25) is 0 Å². The summed E-state index contributed by atoms with van der Waals surface area (Å²) in [5.74, 6) is 0. The van der Waals surface area contributed by atoms with Gasteiger partial charge in [-0.25, -0.2) is 79.7 Å². The molecule has 20 heteroatoms. The molecule has 0 saturated heterocycles. The summed E-state index contributed by atoms with van der Waals surface area (Å²) in [7, 11) is 0. The highest BCUT2D eigenvalue weighted by Gasteiger charge is 2.36. The van der Waals surface area contributed by atoms with Crippen molar-refractivity contribution in [1.82, 2.24) is 79.7 Å². The van der Waals surface area contributed by atoms with E-state index in [2.05, 4.69) is 153 Å². The van der Waals surface area contributed by atoms with Crippen LogP contribution in [0.3, 0.4) is 0 Å². The topological polar surface area (TPSA) is 219 Å².